The van der Waals surface area contributed by atoms with Crippen LogP contribution in [0.4, 0.5) is 0 Å². The molecular weight excluding hydrogens is 316 g/mol. The van der Waals surface area contributed by atoms with Crippen LogP contribution in [-0.2, 0) is 6.42 Å². The smallest absolute Gasteiger partial charge is 0.251 e. The van der Waals surface area contributed by atoms with Crippen LogP contribution in [0.5, 0.6) is 5.75 Å². The number of amides is 1. The molecule has 0 saturated heterocycles. The average molecular weight is 336 g/mol. The lowest BCUT2D eigenvalue weighted by Crippen LogP contribution is -2.25. The highest BCUT2D eigenvalue weighted by Gasteiger charge is 2.12. The lowest BCUT2D eigenvalue weighted by atomic mass is 10.2. The molecule has 3 rings (SSSR count). The van der Waals surface area contributed by atoms with Gasteiger partial charge in [-0.05, 0) is 43.3 Å². The van der Waals surface area contributed by atoms with Crippen LogP contribution in [0.15, 0.2) is 59.0 Å². The maximum absolute atomic E-state index is 12.0. The van der Waals surface area contributed by atoms with Gasteiger partial charge in [-0.1, -0.05) is 18.2 Å². The zero-order valence-corrected chi connectivity index (χ0v) is 14.3. The summed E-state index contributed by atoms with van der Waals surface area (Å²) in [6.07, 6.45) is 0.615. The molecule has 1 aromatic heterocycles. The van der Waals surface area contributed by atoms with Gasteiger partial charge < -0.3 is 14.5 Å². The predicted molar refractivity (Wildman–Crippen MR) is 95.7 cm³/mol. The fraction of sp³-hybridized carbons (Fsp3) is 0.200. The molecule has 25 heavy (non-hydrogen) atoms. The molecule has 0 aliphatic heterocycles. The predicted octanol–water partition coefficient (Wildman–Crippen LogP) is 3.63. The number of aromatic nitrogens is 1. The molecule has 0 spiro atoms. The normalized spacial score (nSPS) is 10.5. The van der Waals surface area contributed by atoms with E-state index in [9.17, 15) is 4.79 Å². The van der Waals surface area contributed by atoms with Gasteiger partial charge in [0.05, 0.1) is 12.8 Å². The molecule has 1 amide bonds. The summed E-state index contributed by atoms with van der Waals surface area (Å²) in [4.78, 5) is 16.6. The van der Waals surface area contributed by atoms with Crippen molar-refractivity contribution in [2.45, 2.75) is 13.3 Å². The number of carbonyl (C=O) groups excluding carboxylic acids is 1. The van der Waals surface area contributed by atoms with Crippen molar-refractivity contribution < 1.29 is 13.9 Å². The van der Waals surface area contributed by atoms with E-state index in [-0.39, 0.29) is 5.91 Å². The van der Waals surface area contributed by atoms with Crippen molar-refractivity contribution >= 4 is 5.91 Å². The second-order valence-electron chi connectivity index (χ2n) is 5.62. The Morgan fingerprint density at radius 3 is 2.52 bits per heavy atom. The van der Waals surface area contributed by atoms with Crippen LogP contribution in [0.25, 0.3) is 11.5 Å². The van der Waals surface area contributed by atoms with E-state index in [0.717, 1.165) is 22.8 Å². The number of benzene rings is 2. The molecular formula is C20H20N2O3. The zero-order valence-electron chi connectivity index (χ0n) is 14.3. The molecule has 5 nitrogen and oxygen atoms in total. The van der Waals surface area contributed by atoms with Crippen molar-refractivity contribution in [1.29, 1.82) is 0 Å². The third-order valence-electron chi connectivity index (χ3n) is 3.91. The molecule has 1 heterocycles. The Bertz CT molecular complexity index is 839. The maximum atomic E-state index is 12.0. The number of carbonyl (C=O) groups is 1. The van der Waals surface area contributed by atoms with Gasteiger partial charge in [-0.25, -0.2) is 4.98 Å². The van der Waals surface area contributed by atoms with Crippen molar-refractivity contribution in [3.05, 3.63) is 71.6 Å². The molecule has 0 unspecified atom stereocenters. The number of methoxy groups -OCH3 is 1. The summed E-state index contributed by atoms with van der Waals surface area (Å²) in [5, 5.41) is 2.90. The van der Waals surface area contributed by atoms with Gasteiger partial charge in [-0.2, -0.15) is 0 Å². The van der Waals surface area contributed by atoms with Crippen molar-refractivity contribution in [1.82, 2.24) is 10.3 Å². The summed E-state index contributed by atoms with van der Waals surface area (Å²) in [6.45, 7) is 2.39. The first kappa shape index (κ1) is 16.8. The molecule has 1 N–H and O–H groups in total. The van der Waals surface area contributed by atoms with Crippen LogP contribution in [0.3, 0.4) is 0 Å². The molecule has 0 fully saturated rings. The Balaban J connectivity index is 1.61. The quantitative estimate of drug-likeness (QED) is 0.746. The Morgan fingerprint density at radius 2 is 1.84 bits per heavy atom. The van der Waals surface area contributed by atoms with Crippen LogP contribution in [0.1, 0.15) is 21.8 Å². The number of hydrogen-bond donors (Lipinski definition) is 1. The van der Waals surface area contributed by atoms with E-state index < -0.39 is 0 Å². The van der Waals surface area contributed by atoms with Crippen LogP contribution in [0.2, 0.25) is 0 Å². The Labute approximate surface area is 146 Å². The van der Waals surface area contributed by atoms with Crippen LogP contribution in [0, 0.1) is 6.92 Å². The lowest BCUT2D eigenvalue weighted by molar-refractivity contribution is 0.0954. The van der Waals surface area contributed by atoms with Gasteiger partial charge in [0.25, 0.3) is 5.91 Å². The van der Waals surface area contributed by atoms with E-state index in [1.807, 2.05) is 49.4 Å². The molecule has 3 aromatic rings. The van der Waals surface area contributed by atoms with E-state index in [1.54, 1.807) is 19.2 Å². The van der Waals surface area contributed by atoms with Crippen molar-refractivity contribution in [2.75, 3.05) is 13.7 Å². The molecule has 0 saturated carbocycles. The van der Waals surface area contributed by atoms with E-state index in [2.05, 4.69) is 10.3 Å². The molecule has 2 aromatic carbocycles. The number of nitrogens with one attached hydrogen (secondary N) is 1. The number of aryl methyl sites for hydroxylation is 1. The Morgan fingerprint density at radius 1 is 1.12 bits per heavy atom. The number of oxazole rings is 1. The van der Waals surface area contributed by atoms with Crippen molar-refractivity contribution in [3.63, 3.8) is 0 Å². The van der Waals surface area contributed by atoms with Gasteiger partial charge in [-0.3, -0.25) is 4.79 Å². The van der Waals surface area contributed by atoms with Crippen LogP contribution < -0.4 is 10.1 Å². The van der Waals surface area contributed by atoms with E-state index >= 15 is 0 Å². The standard InChI is InChI=1S/C20H20N2O3/c1-14-18(12-13-21-19(23)15-6-4-3-5-7-15)22-20(25-14)16-8-10-17(24-2)11-9-16/h3-11H,12-13H2,1-2H3,(H,21,23). The average Bonchev–Trinajstić information content (AvgIpc) is 3.03. The SMILES string of the molecule is COc1ccc(-c2nc(CCNC(=O)c3ccccc3)c(C)o2)cc1. The lowest BCUT2D eigenvalue weighted by Gasteiger charge is -2.03. The minimum atomic E-state index is -0.0860. The van der Waals surface area contributed by atoms with Crippen molar-refractivity contribution in [3.8, 4) is 17.2 Å². The van der Waals surface area contributed by atoms with E-state index in [0.29, 0.717) is 24.4 Å². The minimum absolute atomic E-state index is 0.0860. The van der Waals surface area contributed by atoms with Crippen LogP contribution in [-0.4, -0.2) is 24.5 Å². The zero-order chi connectivity index (χ0) is 17.6. The summed E-state index contributed by atoms with van der Waals surface area (Å²) in [6, 6.07) is 16.7. The highest BCUT2D eigenvalue weighted by molar-refractivity contribution is 5.94. The van der Waals surface area contributed by atoms with Crippen LogP contribution >= 0.6 is 0 Å². The number of nitrogens with zero attached hydrogens (tertiary/aromatic N) is 1. The molecule has 0 aliphatic rings. The number of rotatable bonds is 6. The first-order valence-corrected chi connectivity index (χ1v) is 8.11. The summed E-state index contributed by atoms with van der Waals surface area (Å²) >= 11 is 0. The first-order valence-electron chi connectivity index (χ1n) is 8.11. The Kier molecular flexibility index (Phi) is 5.14. The molecule has 0 atom stereocenters. The van der Waals surface area contributed by atoms with Gasteiger partial charge in [0.2, 0.25) is 5.89 Å². The fourth-order valence-electron chi connectivity index (χ4n) is 2.50. The monoisotopic (exact) mass is 336 g/mol. The van der Waals surface area contributed by atoms with Gasteiger partial charge in [0, 0.05) is 24.1 Å². The molecule has 0 bridgehead atoms. The van der Waals surface area contributed by atoms with E-state index in [4.69, 9.17) is 9.15 Å². The number of hydrogen-bond acceptors (Lipinski definition) is 4. The summed E-state index contributed by atoms with van der Waals surface area (Å²) in [5.41, 5.74) is 2.39. The van der Waals surface area contributed by atoms with Gasteiger partial charge in [0.1, 0.15) is 11.5 Å². The summed E-state index contributed by atoms with van der Waals surface area (Å²) in [7, 11) is 1.63. The van der Waals surface area contributed by atoms with E-state index in [1.165, 1.54) is 0 Å². The molecule has 0 radical (unpaired) electrons. The number of ether oxygens (including phenoxy) is 1. The third-order valence-corrected chi connectivity index (χ3v) is 3.91. The van der Waals surface area contributed by atoms with Gasteiger partial charge >= 0.3 is 0 Å². The maximum Gasteiger partial charge on any atom is 0.251 e. The largest absolute Gasteiger partial charge is 0.497 e. The van der Waals surface area contributed by atoms with Gasteiger partial charge in [0.15, 0.2) is 0 Å². The minimum Gasteiger partial charge on any atom is -0.497 e. The highest BCUT2D eigenvalue weighted by atomic mass is 16.5. The first-order chi connectivity index (χ1) is 12.2. The molecule has 0 aliphatic carbocycles. The third kappa shape index (κ3) is 4.07. The van der Waals surface area contributed by atoms with Crippen molar-refractivity contribution in [2.24, 2.45) is 0 Å². The molecule has 128 valence electrons. The summed E-state index contributed by atoms with van der Waals surface area (Å²) in [5.74, 6) is 2.04. The second kappa shape index (κ2) is 7.66. The highest BCUT2D eigenvalue weighted by Crippen LogP contribution is 2.24. The Hall–Kier alpha value is -3.08. The second-order valence-corrected chi connectivity index (χ2v) is 5.62. The fourth-order valence-corrected chi connectivity index (χ4v) is 2.50. The van der Waals surface area contributed by atoms with Gasteiger partial charge in [-0.15, -0.1) is 0 Å². The topological polar surface area (TPSA) is 64.4 Å². The molecule has 5 heteroatoms. The summed E-state index contributed by atoms with van der Waals surface area (Å²) < 4.78 is 10.9.